The average molecular weight is 263 g/mol. The topological polar surface area (TPSA) is 34.1 Å². The SMILES string of the molecule is COc1cccc(CNCc2ccc(Cl)cc2)n1. The second-order valence-electron chi connectivity index (χ2n) is 3.90. The van der Waals surface area contributed by atoms with E-state index in [0.29, 0.717) is 12.4 Å². The third-order valence-corrected chi connectivity index (χ3v) is 2.79. The van der Waals surface area contributed by atoms with Gasteiger partial charge in [-0.3, -0.25) is 0 Å². The van der Waals surface area contributed by atoms with Gasteiger partial charge in [-0.15, -0.1) is 0 Å². The van der Waals surface area contributed by atoms with E-state index >= 15 is 0 Å². The van der Waals surface area contributed by atoms with E-state index in [0.717, 1.165) is 17.3 Å². The Hall–Kier alpha value is -1.58. The van der Waals surface area contributed by atoms with Gasteiger partial charge in [-0.1, -0.05) is 29.8 Å². The third kappa shape index (κ3) is 3.72. The standard InChI is InChI=1S/C14H15ClN2O/c1-18-14-4-2-3-13(17-14)10-16-9-11-5-7-12(15)8-6-11/h2-8,16H,9-10H2,1H3. The van der Waals surface area contributed by atoms with Gasteiger partial charge in [0.1, 0.15) is 0 Å². The summed E-state index contributed by atoms with van der Waals surface area (Å²) in [5.74, 6) is 0.640. The van der Waals surface area contributed by atoms with Crippen molar-refractivity contribution in [1.82, 2.24) is 10.3 Å². The maximum Gasteiger partial charge on any atom is 0.213 e. The molecule has 0 aliphatic heterocycles. The minimum atomic E-state index is 0.640. The highest BCUT2D eigenvalue weighted by Crippen LogP contribution is 2.10. The number of nitrogens with one attached hydrogen (secondary N) is 1. The van der Waals surface area contributed by atoms with Gasteiger partial charge < -0.3 is 10.1 Å². The lowest BCUT2D eigenvalue weighted by Gasteiger charge is -2.06. The Labute approximate surface area is 112 Å². The zero-order chi connectivity index (χ0) is 12.8. The Morgan fingerprint density at radius 1 is 1.11 bits per heavy atom. The highest BCUT2D eigenvalue weighted by atomic mass is 35.5. The molecule has 0 bridgehead atoms. The van der Waals surface area contributed by atoms with Crippen LogP contribution in [0.15, 0.2) is 42.5 Å². The molecule has 18 heavy (non-hydrogen) atoms. The van der Waals surface area contributed by atoms with Crippen LogP contribution in [0.5, 0.6) is 5.88 Å². The molecule has 0 saturated heterocycles. The molecule has 2 rings (SSSR count). The molecular weight excluding hydrogens is 248 g/mol. The fraction of sp³-hybridized carbons (Fsp3) is 0.214. The van der Waals surface area contributed by atoms with Crippen molar-refractivity contribution in [3.63, 3.8) is 0 Å². The lowest BCUT2D eigenvalue weighted by atomic mass is 10.2. The van der Waals surface area contributed by atoms with Crippen LogP contribution in [0.4, 0.5) is 0 Å². The van der Waals surface area contributed by atoms with E-state index < -0.39 is 0 Å². The first kappa shape index (κ1) is 12.9. The van der Waals surface area contributed by atoms with Crippen molar-refractivity contribution in [3.8, 4) is 5.88 Å². The van der Waals surface area contributed by atoms with E-state index in [9.17, 15) is 0 Å². The summed E-state index contributed by atoms with van der Waals surface area (Å²) in [4.78, 5) is 4.33. The van der Waals surface area contributed by atoms with Crippen molar-refractivity contribution in [2.75, 3.05) is 7.11 Å². The number of ether oxygens (including phenoxy) is 1. The monoisotopic (exact) mass is 262 g/mol. The zero-order valence-electron chi connectivity index (χ0n) is 10.2. The summed E-state index contributed by atoms with van der Waals surface area (Å²) < 4.78 is 5.08. The van der Waals surface area contributed by atoms with Crippen molar-refractivity contribution >= 4 is 11.6 Å². The van der Waals surface area contributed by atoms with Gasteiger partial charge in [0.05, 0.1) is 12.8 Å². The molecule has 0 aliphatic rings. The quantitative estimate of drug-likeness (QED) is 0.899. The van der Waals surface area contributed by atoms with Crippen LogP contribution in [0.1, 0.15) is 11.3 Å². The molecular formula is C14H15ClN2O. The zero-order valence-corrected chi connectivity index (χ0v) is 10.9. The number of benzene rings is 1. The van der Waals surface area contributed by atoms with Gasteiger partial charge in [-0.25, -0.2) is 4.98 Å². The molecule has 1 heterocycles. The first-order valence-corrected chi connectivity index (χ1v) is 6.11. The Balaban J connectivity index is 1.86. The van der Waals surface area contributed by atoms with Crippen LogP contribution in [0.25, 0.3) is 0 Å². The number of halogens is 1. The van der Waals surface area contributed by atoms with Crippen molar-refractivity contribution in [3.05, 3.63) is 58.7 Å². The molecule has 1 aromatic heterocycles. The summed E-state index contributed by atoms with van der Waals surface area (Å²) >= 11 is 5.83. The summed E-state index contributed by atoms with van der Waals surface area (Å²) in [6.07, 6.45) is 0. The maximum atomic E-state index is 5.83. The summed E-state index contributed by atoms with van der Waals surface area (Å²) in [6, 6.07) is 13.5. The smallest absolute Gasteiger partial charge is 0.213 e. The number of hydrogen-bond donors (Lipinski definition) is 1. The predicted octanol–water partition coefficient (Wildman–Crippen LogP) is 3.03. The summed E-state index contributed by atoms with van der Waals surface area (Å²) in [6.45, 7) is 1.50. The molecule has 0 unspecified atom stereocenters. The highest BCUT2D eigenvalue weighted by molar-refractivity contribution is 6.30. The molecule has 1 N–H and O–H groups in total. The second kappa shape index (κ2) is 6.38. The first-order chi connectivity index (χ1) is 8.78. The minimum Gasteiger partial charge on any atom is -0.481 e. The predicted molar refractivity (Wildman–Crippen MR) is 72.8 cm³/mol. The largest absolute Gasteiger partial charge is 0.481 e. The molecule has 0 radical (unpaired) electrons. The maximum absolute atomic E-state index is 5.83. The summed E-state index contributed by atoms with van der Waals surface area (Å²) in [5.41, 5.74) is 2.16. The molecule has 1 aromatic carbocycles. The van der Waals surface area contributed by atoms with Gasteiger partial charge in [-0.05, 0) is 23.8 Å². The first-order valence-electron chi connectivity index (χ1n) is 5.73. The summed E-state index contributed by atoms with van der Waals surface area (Å²) in [7, 11) is 1.62. The van der Waals surface area contributed by atoms with E-state index in [1.807, 2.05) is 42.5 Å². The third-order valence-electron chi connectivity index (χ3n) is 2.54. The van der Waals surface area contributed by atoms with E-state index in [1.54, 1.807) is 7.11 Å². The van der Waals surface area contributed by atoms with Crippen LogP contribution in [-0.4, -0.2) is 12.1 Å². The van der Waals surface area contributed by atoms with Crippen LogP contribution in [0, 0.1) is 0 Å². The number of pyridine rings is 1. The van der Waals surface area contributed by atoms with Crippen LogP contribution in [0.2, 0.25) is 5.02 Å². The second-order valence-corrected chi connectivity index (χ2v) is 4.34. The number of methoxy groups -OCH3 is 1. The van der Waals surface area contributed by atoms with Gasteiger partial charge in [0.25, 0.3) is 0 Å². The molecule has 94 valence electrons. The number of aromatic nitrogens is 1. The Morgan fingerprint density at radius 3 is 2.61 bits per heavy atom. The minimum absolute atomic E-state index is 0.640. The van der Waals surface area contributed by atoms with Crippen molar-refractivity contribution in [2.24, 2.45) is 0 Å². The molecule has 3 nitrogen and oxygen atoms in total. The molecule has 0 amide bonds. The molecule has 0 saturated carbocycles. The normalized spacial score (nSPS) is 10.3. The van der Waals surface area contributed by atoms with Crippen molar-refractivity contribution < 1.29 is 4.74 Å². The van der Waals surface area contributed by atoms with Gasteiger partial charge in [-0.2, -0.15) is 0 Å². The number of rotatable bonds is 5. The Kier molecular flexibility index (Phi) is 4.56. The lowest BCUT2D eigenvalue weighted by molar-refractivity contribution is 0.395. The van der Waals surface area contributed by atoms with E-state index in [-0.39, 0.29) is 0 Å². The molecule has 4 heteroatoms. The fourth-order valence-electron chi connectivity index (χ4n) is 1.61. The van der Waals surface area contributed by atoms with Gasteiger partial charge in [0.15, 0.2) is 0 Å². The highest BCUT2D eigenvalue weighted by Gasteiger charge is 1.98. The molecule has 2 aromatic rings. The van der Waals surface area contributed by atoms with Crippen LogP contribution < -0.4 is 10.1 Å². The van der Waals surface area contributed by atoms with Crippen molar-refractivity contribution in [2.45, 2.75) is 13.1 Å². The van der Waals surface area contributed by atoms with Gasteiger partial charge >= 0.3 is 0 Å². The molecule has 0 spiro atoms. The van der Waals surface area contributed by atoms with Crippen LogP contribution in [0.3, 0.4) is 0 Å². The Morgan fingerprint density at radius 2 is 1.89 bits per heavy atom. The molecule has 0 atom stereocenters. The van der Waals surface area contributed by atoms with Crippen LogP contribution >= 0.6 is 11.6 Å². The molecule has 0 fully saturated rings. The Bertz CT molecular complexity index is 499. The van der Waals surface area contributed by atoms with Crippen molar-refractivity contribution in [1.29, 1.82) is 0 Å². The fourth-order valence-corrected chi connectivity index (χ4v) is 1.73. The van der Waals surface area contributed by atoms with Gasteiger partial charge in [0.2, 0.25) is 5.88 Å². The average Bonchev–Trinajstić information content (AvgIpc) is 2.41. The van der Waals surface area contributed by atoms with E-state index in [2.05, 4.69) is 10.3 Å². The molecule has 0 aliphatic carbocycles. The van der Waals surface area contributed by atoms with E-state index in [4.69, 9.17) is 16.3 Å². The number of nitrogens with zero attached hydrogens (tertiary/aromatic N) is 1. The number of hydrogen-bond acceptors (Lipinski definition) is 3. The van der Waals surface area contributed by atoms with Gasteiger partial charge in [0, 0.05) is 24.2 Å². The van der Waals surface area contributed by atoms with Crippen LogP contribution in [-0.2, 0) is 13.1 Å². The lowest BCUT2D eigenvalue weighted by Crippen LogP contribution is -2.13. The van der Waals surface area contributed by atoms with E-state index in [1.165, 1.54) is 5.56 Å². The summed E-state index contributed by atoms with van der Waals surface area (Å²) in [5, 5.41) is 4.09.